The summed E-state index contributed by atoms with van der Waals surface area (Å²) in [4.78, 5) is 14.3. The Morgan fingerprint density at radius 1 is 1.04 bits per heavy atom. The maximum atomic E-state index is 13.0. The van der Waals surface area contributed by atoms with E-state index in [9.17, 15) is 17.6 Å². The molecule has 146 valence electrons. The number of sulfonamides is 1. The van der Waals surface area contributed by atoms with Crippen LogP contribution >= 0.6 is 0 Å². The van der Waals surface area contributed by atoms with Crippen LogP contribution in [0.5, 0.6) is 0 Å². The van der Waals surface area contributed by atoms with Crippen LogP contribution in [0.15, 0.2) is 53.4 Å². The average molecular weight is 392 g/mol. The Bertz CT molecular complexity index is 878. The van der Waals surface area contributed by atoms with Gasteiger partial charge in [-0.3, -0.25) is 4.79 Å². The molecular weight excluding hydrogens is 367 g/mol. The molecule has 7 heteroatoms. The first kappa shape index (κ1) is 21.1. The Balaban J connectivity index is 2.13. The lowest BCUT2D eigenvalue weighted by atomic mass is 10.1. The molecule has 1 amide bonds. The van der Waals surface area contributed by atoms with Gasteiger partial charge in [0.2, 0.25) is 10.0 Å². The zero-order chi connectivity index (χ0) is 20.0. The van der Waals surface area contributed by atoms with Crippen molar-refractivity contribution in [2.24, 2.45) is 0 Å². The molecule has 0 aliphatic carbocycles. The molecular formula is C20H25FN2O3S. The van der Waals surface area contributed by atoms with Crippen LogP contribution in [0.2, 0.25) is 0 Å². The van der Waals surface area contributed by atoms with Crippen LogP contribution in [0.3, 0.4) is 0 Å². The third-order valence-electron chi connectivity index (χ3n) is 4.42. The Kier molecular flexibility index (Phi) is 7.10. The standard InChI is InChI=1S/C20H25FN2O3S/c1-4-23(5-2)27(25,26)19-8-6-7-17(15-19)20(24)22(3)14-13-16-9-11-18(21)12-10-16/h6-12,15H,4-5,13-14H2,1-3H3. The lowest BCUT2D eigenvalue weighted by Crippen LogP contribution is -2.31. The van der Waals surface area contributed by atoms with Gasteiger partial charge in [-0.1, -0.05) is 32.0 Å². The summed E-state index contributed by atoms with van der Waals surface area (Å²) < 4.78 is 39.6. The number of likely N-dealkylation sites (N-methyl/N-ethyl adjacent to an activating group) is 1. The van der Waals surface area contributed by atoms with Gasteiger partial charge in [0.1, 0.15) is 5.82 Å². The molecule has 0 spiro atoms. The minimum absolute atomic E-state index is 0.115. The number of amides is 1. The normalized spacial score (nSPS) is 11.6. The smallest absolute Gasteiger partial charge is 0.253 e. The van der Waals surface area contributed by atoms with Crippen molar-refractivity contribution >= 4 is 15.9 Å². The van der Waals surface area contributed by atoms with Crippen molar-refractivity contribution in [1.82, 2.24) is 9.21 Å². The number of hydrogen-bond donors (Lipinski definition) is 0. The molecule has 5 nitrogen and oxygen atoms in total. The van der Waals surface area contributed by atoms with E-state index in [0.29, 0.717) is 31.6 Å². The largest absolute Gasteiger partial charge is 0.341 e. The maximum Gasteiger partial charge on any atom is 0.253 e. The molecule has 0 saturated carbocycles. The van der Waals surface area contributed by atoms with Gasteiger partial charge in [-0.2, -0.15) is 4.31 Å². The van der Waals surface area contributed by atoms with Crippen LogP contribution in [0.1, 0.15) is 29.8 Å². The Morgan fingerprint density at radius 3 is 2.26 bits per heavy atom. The summed E-state index contributed by atoms with van der Waals surface area (Å²) in [7, 11) is -1.95. The molecule has 0 heterocycles. The zero-order valence-electron chi connectivity index (χ0n) is 15.9. The van der Waals surface area contributed by atoms with Crippen molar-refractivity contribution in [1.29, 1.82) is 0 Å². The molecule has 2 aromatic carbocycles. The monoisotopic (exact) mass is 392 g/mol. The fourth-order valence-corrected chi connectivity index (χ4v) is 4.28. The summed E-state index contributed by atoms with van der Waals surface area (Å²) in [5, 5.41) is 0. The number of carbonyl (C=O) groups is 1. The molecule has 0 aliphatic heterocycles. The van der Waals surface area contributed by atoms with Crippen LogP contribution in [0, 0.1) is 5.82 Å². The number of rotatable bonds is 8. The number of carbonyl (C=O) groups excluding carboxylic acids is 1. The van der Waals surface area contributed by atoms with Crippen molar-refractivity contribution in [2.75, 3.05) is 26.7 Å². The first-order valence-electron chi connectivity index (χ1n) is 8.89. The molecule has 0 atom stereocenters. The topological polar surface area (TPSA) is 57.7 Å². The first-order valence-corrected chi connectivity index (χ1v) is 10.3. The molecule has 0 saturated heterocycles. The molecule has 0 radical (unpaired) electrons. The van der Waals surface area contributed by atoms with E-state index in [2.05, 4.69) is 0 Å². The fraction of sp³-hybridized carbons (Fsp3) is 0.350. The van der Waals surface area contributed by atoms with Crippen molar-refractivity contribution in [3.8, 4) is 0 Å². The highest BCUT2D eigenvalue weighted by molar-refractivity contribution is 7.89. The lowest BCUT2D eigenvalue weighted by Gasteiger charge is -2.20. The third-order valence-corrected chi connectivity index (χ3v) is 6.47. The van der Waals surface area contributed by atoms with Gasteiger partial charge >= 0.3 is 0 Å². The second-order valence-electron chi connectivity index (χ2n) is 6.22. The molecule has 0 aliphatic rings. The third kappa shape index (κ3) is 5.14. The molecule has 2 rings (SSSR count). The minimum Gasteiger partial charge on any atom is -0.341 e. The van der Waals surface area contributed by atoms with E-state index in [-0.39, 0.29) is 16.6 Å². The van der Waals surface area contributed by atoms with Gasteiger partial charge in [0, 0.05) is 32.2 Å². The highest BCUT2D eigenvalue weighted by atomic mass is 32.2. The predicted molar refractivity (Wildman–Crippen MR) is 104 cm³/mol. The van der Waals surface area contributed by atoms with Crippen LogP contribution in [-0.4, -0.2) is 50.2 Å². The number of hydrogen-bond acceptors (Lipinski definition) is 3. The van der Waals surface area contributed by atoms with Gasteiger partial charge in [0.15, 0.2) is 0 Å². The first-order chi connectivity index (χ1) is 12.8. The number of benzene rings is 2. The highest BCUT2D eigenvalue weighted by Crippen LogP contribution is 2.18. The molecule has 27 heavy (non-hydrogen) atoms. The van der Waals surface area contributed by atoms with Crippen molar-refractivity contribution in [3.05, 3.63) is 65.5 Å². The predicted octanol–water partition coefficient (Wildman–Crippen LogP) is 3.17. The fourth-order valence-electron chi connectivity index (χ4n) is 2.77. The minimum atomic E-state index is -3.62. The second-order valence-corrected chi connectivity index (χ2v) is 8.16. The number of nitrogens with zero attached hydrogens (tertiary/aromatic N) is 2. The summed E-state index contributed by atoms with van der Waals surface area (Å²) in [5.74, 6) is -0.553. The van der Waals surface area contributed by atoms with Gasteiger partial charge < -0.3 is 4.90 Å². The average Bonchev–Trinajstić information content (AvgIpc) is 2.67. The van der Waals surface area contributed by atoms with Crippen molar-refractivity contribution in [3.63, 3.8) is 0 Å². The quantitative estimate of drug-likeness (QED) is 0.693. The van der Waals surface area contributed by atoms with Crippen LogP contribution in [0.25, 0.3) is 0 Å². The van der Waals surface area contributed by atoms with E-state index in [4.69, 9.17) is 0 Å². The zero-order valence-corrected chi connectivity index (χ0v) is 16.7. The number of halogens is 1. The van der Waals surface area contributed by atoms with Crippen LogP contribution in [-0.2, 0) is 16.4 Å². The van der Waals surface area contributed by atoms with E-state index < -0.39 is 10.0 Å². The Hall–Kier alpha value is -2.25. The molecule has 0 N–H and O–H groups in total. The van der Waals surface area contributed by atoms with Gasteiger partial charge in [0.05, 0.1) is 4.90 Å². The van der Waals surface area contributed by atoms with Crippen LogP contribution < -0.4 is 0 Å². The summed E-state index contributed by atoms with van der Waals surface area (Å²) in [6, 6.07) is 12.3. The lowest BCUT2D eigenvalue weighted by molar-refractivity contribution is 0.0796. The molecule has 0 fully saturated rings. The molecule has 0 unspecified atom stereocenters. The van der Waals surface area contributed by atoms with Crippen LogP contribution in [0.4, 0.5) is 4.39 Å². The summed E-state index contributed by atoms with van der Waals surface area (Å²) in [6.07, 6.45) is 0.583. The van der Waals surface area contributed by atoms with E-state index >= 15 is 0 Å². The van der Waals surface area contributed by atoms with E-state index in [1.54, 1.807) is 45.2 Å². The summed E-state index contributed by atoms with van der Waals surface area (Å²) in [5.41, 5.74) is 1.25. The van der Waals surface area contributed by atoms with E-state index in [0.717, 1.165) is 5.56 Å². The van der Waals surface area contributed by atoms with E-state index in [1.807, 2.05) is 0 Å². The maximum absolute atomic E-state index is 13.0. The molecule has 0 bridgehead atoms. The van der Waals surface area contributed by atoms with Gasteiger partial charge in [-0.05, 0) is 42.3 Å². The van der Waals surface area contributed by atoms with Gasteiger partial charge in [0.25, 0.3) is 5.91 Å². The van der Waals surface area contributed by atoms with Gasteiger partial charge in [-0.15, -0.1) is 0 Å². The second kappa shape index (κ2) is 9.10. The Labute approximate surface area is 160 Å². The molecule has 0 aromatic heterocycles. The van der Waals surface area contributed by atoms with Gasteiger partial charge in [-0.25, -0.2) is 12.8 Å². The SMILES string of the molecule is CCN(CC)S(=O)(=O)c1cccc(C(=O)N(C)CCc2ccc(F)cc2)c1. The van der Waals surface area contributed by atoms with E-state index in [1.165, 1.54) is 33.5 Å². The summed E-state index contributed by atoms with van der Waals surface area (Å²) in [6.45, 7) is 4.74. The Morgan fingerprint density at radius 2 is 1.67 bits per heavy atom. The summed E-state index contributed by atoms with van der Waals surface area (Å²) >= 11 is 0. The van der Waals surface area contributed by atoms with Crippen molar-refractivity contribution < 1.29 is 17.6 Å². The molecule has 2 aromatic rings. The highest BCUT2D eigenvalue weighted by Gasteiger charge is 2.23. The van der Waals surface area contributed by atoms with Crippen molar-refractivity contribution in [2.45, 2.75) is 25.2 Å².